The molecular weight excluding hydrogens is 134 g/mol. The summed E-state index contributed by atoms with van der Waals surface area (Å²) in [5, 5.41) is 16.8. The van der Waals surface area contributed by atoms with Crippen LogP contribution in [0.2, 0.25) is 0 Å². The predicted molar refractivity (Wildman–Crippen MR) is 34.8 cm³/mol. The SMILES string of the molecule is O=C(O)N1CC(CCO)C1. The second-order valence-corrected chi connectivity index (χ2v) is 2.57. The summed E-state index contributed by atoms with van der Waals surface area (Å²) in [5.41, 5.74) is 0. The van der Waals surface area contributed by atoms with Gasteiger partial charge in [0.25, 0.3) is 0 Å². The molecule has 4 heteroatoms. The monoisotopic (exact) mass is 145 g/mol. The summed E-state index contributed by atoms with van der Waals surface area (Å²) in [5.74, 6) is 0.390. The number of carbonyl (C=O) groups is 1. The summed E-state index contributed by atoms with van der Waals surface area (Å²) < 4.78 is 0. The molecule has 0 aromatic heterocycles. The van der Waals surface area contributed by atoms with Gasteiger partial charge in [-0.05, 0) is 12.3 Å². The Labute approximate surface area is 59.1 Å². The Hall–Kier alpha value is -0.770. The van der Waals surface area contributed by atoms with Crippen LogP contribution in [0.4, 0.5) is 4.79 Å². The third-order valence-electron chi connectivity index (χ3n) is 1.77. The van der Waals surface area contributed by atoms with Crippen molar-refractivity contribution in [2.45, 2.75) is 6.42 Å². The van der Waals surface area contributed by atoms with E-state index >= 15 is 0 Å². The molecule has 0 aromatic carbocycles. The summed E-state index contributed by atoms with van der Waals surface area (Å²) in [4.78, 5) is 11.5. The lowest BCUT2D eigenvalue weighted by Gasteiger charge is -2.36. The van der Waals surface area contributed by atoms with E-state index in [1.165, 1.54) is 4.90 Å². The molecule has 0 unspecified atom stereocenters. The Morgan fingerprint density at radius 2 is 2.20 bits per heavy atom. The molecule has 1 aliphatic heterocycles. The number of hydrogen-bond acceptors (Lipinski definition) is 2. The average molecular weight is 145 g/mol. The maximum Gasteiger partial charge on any atom is 0.407 e. The first-order chi connectivity index (χ1) is 4.74. The summed E-state index contributed by atoms with van der Waals surface area (Å²) in [6.45, 7) is 1.35. The van der Waals surface area contributed by atoms with Crippen molar-refractivity contribution in [1.82, 2.24) is 4.90 Å². The number of likely N-dealkylation sites (tertiary alicyclic amines) is 1. The van der Waals surface area contributed by atoms with Gasteiger partial charge in [-0.2, -0.15) is 0 Å². The normalized spacial score (nSPS) is 18.7. The molecule has 0 bridgehead atoms. The first-order valence-corrected chi connectivity index (χ1v) is 3.32. The number of hydrogen-bond donors (Lipinski definition) is 2. The van der Waals surface area contributed by atoms with Crippen molar-refractivity contribution >= 4 is 6.09 Å². The molecule has 1 fully saturated rings. The van der Waals surface area contributed by atoms with Gasteiger partial charge in [0.1, 0.15) is 0 Å². The molecule has 1 amide bonds. The molecule has 0 radical (unpaired) electrons. The summed E-state index contributed by atoms with van der Waals surface area (Å²) in [7, 11) is 0. The second-order valence-electron chi connectivity index (χ2n) is 2.57. The molecule has 1 saturated heterocycles. The van der Waals surface area contributed by atoms with Crippen LogP contribution < -0.4 is 0 Å². The van der Waals surface area contributed by atoms with E-state index in [-0.39, 0.29) is 6.61 Å². The van der Waals surface area contributed by atoms with Gasteiger partial charge in [0.15, 0.2) is 0 Å². The fourth-order valence-electron chi connectivity index (χ4n) is 1.09. The summed E-state index contributed by atoms with van der Waals surface area (Å²) >= 11 is 0. The van der Waals surface area contributed by atoms with Crippen molar-refractivity contribution in [2.24, 2.45) is 5.92 Å². The van der Waals surface area contributed by atoms with E-state index in [1.54, 1.807) is 0 Å². The largest absolute Gasteiger partial charge is 0.465 e. The van der Waals surface area contributed by atoms with E-state index in [9.17, 15) is 4.79 Å². The average Bonchev–Trinajstić information content (AvgIpc) is 1.76. The highest BCUT2D eigenvalue weighted by atomic mass is 16.4. The standard InChI is InChI=1S/C6H11NO3/c8-2-1-5-3-7(4-5)6(9)10/h5,8H,1-4H2,(H,9,10). The highest BCUT2D eigenvalue weighted by Crippen LogP contribution is 2.17. The van der Waals surface area contributed by atoms with Gasteiger partial charge < -0.3 is 15.1 Å². The van der Waals surface area contributed by atoms with Crippen molar-refractivity contribution in [1.29, 1.82) is 0 Å². The van der Waals surface area contributed by atoms with Crippen LogP contribution in [0.25, 0.3) is 0 Å². The van der Waals surface area contributed by atoms with Gasteiger partial charge in [-0.25, -0.2) is 4.79 Å². The van der Waals surface area contributed by atoms with Gasteiger partial charge in [-0.3, -0.25) is 0 Å². The van der Waals surface area contributed by atoms with Crippen LogP contribution in [0.3, 0.4) is 0 Å². The molecule has 0 saturated carbocycles. The van der Waals surface area contributed by atoms with Crippen molar-refractivity contribution in [3.8, 4) is 0 Å². The quantitative estimate of drug-likeness (QED) is 0.574. The van der Waals surface area contributed by atoms with Crippen LogP contribution >= 0.6 is 0 Å². The second kappa shape index (κ2) is 2.88. The molecule has 0 atom stereocenters. The fourth-order valence-corrected chi connectivity index (χ4v) is 1.09. The third kappa shape index (κ3) is 1.39. The molecule has 0 aromatic rings. The van der Waals surface area contributed by atoms with Crippen LogP contribution in [-0.2, 0) is 0 Å². The molecule has 1 heterocycles. The number of rotatable bonds is 2. The topological polar surface area (TPSA) is 60.8 Å². The Morgan fingerprint density at radius 1 is 1.60 bits per heavy atom. The van der Waals surface area contributed by atoms with Crippen LogP contribution in [0, 0.1) is 5.92 Å². The van der Waals surface area contributed by atoms with Gasteiger partial charge in [0.2, 0.25) is 0 Å². The summed E-state index contributed by atoms with van der Waals surface area (Å²) in [6.07, 6.45) is -0.127. The number of amides is 1. The molecule has 0 aliphatic carbocycles. The Morgan fingerprint density at radius 3 is 2.60 bits per heavy atom. The Bertz CT molecular complexity index is 131. The zero-order chi connectivity index (χ0) is 7.56. The van der Waals surface area contributed by atoms with Crippen LogP contribution in [0.1, 0.15) is 6.42 Å². The molecule has 2 N–H and O–H groups in total. The lowest BCUT2D eigenvalue weighted by molar-refractivity contribution is 0.0697. The van der Waals surface area contributed by atoms with Crippen molar-refractivity contribution in [2.75, 3.05) is 19.7 Å². The Balaban J connectivity index is 2.12. The van der Waals surface area contributed by atoms with Gasteiger partial charge in [0.05, 0.1) is 0 Å². The number of nitrogens with zero attached hydrogens (tertiary/aromatic N) is 1. The van der Waals surface area contributed by atoms with Crippen molar-refractivity contribution < 1.29 is 15.0 Å². The lowest BCUT2D eigenvalue weighted by atomic mass is 9.98. The van der Waals surface area contributed by atoms with E-state index < -0.39 is 6.09 Å². The van der Waals surface area contributed by atoms with E-state index in [2.05, 4.69) is 0 Å². The molecule has 58 valence electrons. The smallest absolute Gasteiger partial charge is 0.407 e. The fraction of sp³-hybridized carbons (Fsp3) is 0.833. The highest BCUT2D eigenvalue weighted by molar-refractivity contribution is 5.65. The number of aliphatic hydroxyl groups excluding tert-OH is 1. The van der Waals surface area contributed by atoms with Gasteiger partial charge in [-0.15, -0.1) is 0 Å². The van der Waals surface area contributed by atoms with Crippen LogP contribution in [0.5, 0.6) is 0 Å². The third-order valence-corrected chi connectivity index (χ3v) is 1.77. The van der Waals surface area contributed by atoms with Crippen molar-refractivity contribution in [3.05, 3.63) is 0 Å². The van der Waals surface area contributed by atoms with Crippen LogP contribution in [0.15, 0.2) is 0 Å². The number of aliphatic hydroxyl groups is 1. The highest BCUT2D eigenvalue weighted by Gasteiger charge is 2.29. The summed E-state index contributed by atoms with van der Waals surface area (Å²) in [6, 6.07) is 0. The maximum atomic E-state index is 10.2. The minimum Gasteiger partial charge on any atom is -0.465 e. The molecule has 4 nitrogen and oxygen atoms in total. The Kier molecular flexibility index (Phi) is 2.11. The molecule has 1 rings (SSSR count). The zero-order valence-electron chi connectivity index (χ0n) is 5.66. The van der Waals surface area contributed by atoms with Gasteiger partial charge in [0, 0.05) is 19.7 Å². The predicted octanol–water partition coefficient (Wildman–Crippen LogP) is -0.0214. The van der Waals surface area contributed by atoms with Gasteiger partial charge in [-0.1, -0.05) is 0 Å². The van der Waals surface area contributed by atoms with Gasteiger partial charge >= 0.3 is 6.09 Å². The van der Waals surface area contributed by atoms with E-state index in [0.717, 1.165) is 6.42 Å². The molecule has 0 spiro atoms. The first kappa shape index (κ1) is 7.34. The minimum atomic E-state index is -0.853. The van der Waals surface area contributed by atoms with E-state index in [1.807, 2.05) is 0 Å². The molecule has 10 heavy (non-hydrogen) atoms. The van der Waals surface area contributed by atoms with E-state index in [4.69, 9.17) is 10.2 Å². The minimum absolute atomic E-state index is 0.165. The van der Waals surface area contributed by atoms with Crippen LogP contribution in [-0.4, -0.2) is 40.9 Å². The molecule has 1 aliphatic rings. The van der Waals surface area contributed by atoms with E-state index in [0.29, 0.717) is 19.0 Å². The molecular formula is C6H11NO3. The zero-order valence-corrected chi connectivity index (χ0v) is 5.66. The lowest BCUT2D eigenvalue weighted by Crippen LogP contribution is -2.49. The number of carboxylic acid groups (broad SMARTS) is 1. The van der Waals surface area contributed by atoms with Crippen molar-refractivity contribution in [3.63, 3.8) is 0 Å². The first-order valence-electron chi connectivity index (χ1n) is 3.32. The maximum absolute atomic E-state index is 10.2.